The summed E-state index contributed by atoms with van der Waals surface area (Å²) >= 11 is 0. The summed E-state index contributed by atoms with van der Waals surface area (Å²) in [4.78, 5) is 19.1. The molecular weight excluding hydrogens is 464 g/mol. The molecule has 192 valence electrons. The Bertz CT molecular complexity index is 1400. The first kappa shape index (κ1) is 23.9. The average Bonchev–Trinajstić information content (AvgIpc) is 3.63. The molecule has 0 bridgehead atoms. The van der Waals surface area contributed by atoms with Crippen LogP contribution in [0.3, 0.4) is 0 Å². The smallest absolute Gasteiger partial charge is 0.253 e. The number of rotatable bonds is 7. The number of nitrogens with one attached hydrogen (secondary N) is 1. The van der Waals surface area contributed by atoms with Crippen molar-refractivity contribution in [2.75, 3.05) is 20.2 Å². The van der Waals surface area contributed by atoms with Crippen LogP contribution < -0.4 is 10.3 Å². The number of tetrazole rings is 1. The molecule has 1 N–H and O–H groups in total. The predicted octanol–water partition coefficient (Wildman–Crippen LogP) is 4.68. The fraction of sp³-hybridized carbons (Fsp3) is 0.448. The van der Waals surface area contributed by atoms with E-state index in [2.05, 4.69) is 55.7 Å². The number of piperidine rings is 1. The van der Waals surface area contributed by atoms with Crippen LogP contribution in [0.2, 0.25) is 0 Å². The zero-order valence-corrected chi connectivity index (χ0v) is 21.3. The van der Waals surface area contributed by atoms with Gasteiger partial charge in [-0.15, -0.1) is 5.10 Å². The van der Waals surface area contributed by atoms with Crippen molar-refractivity contribution in [3.63, 3.8) is 0 Å². The molecule has 3 heterocycles. The topological polar surface area (TPSA) is 88.9 Å². The number of aromatic amines is 1. The quantitative estimate of drug-likeness (QED) is 0.398. The normalized spacial score (nSPS) is 18.4. The van der Waals surface area contributed by atoms with Crippen molar-refractivity contribution < 1.29 is 4.74 Å². The van der Waals surface area contributed by atoms with Crippen LogP contribution in [0.15, 0.2) is 59.4 Å². The van der Waals surface area contributed by atoms with E-state index in [4.69, 9.17) is 4.74 Å². The molecule has 2 aromatic heterocycles. The van der Waals surface area contributed by atoms with Crippen molar-refractivity contribution in [1.82, 2.24) is 30.1 Å². The lowest BCUT2D eigenvalue weighted by molar-refractivity contribution is 0.141. The van der Waals surface area contributed by atoms with Gasteiger partial charge in [-0.25, -0.2) is 4.68 Å². The highest BCUT2D eigenvalue weighted by atomic mass is 16.5. The highest BCUT2D eigenvalue weighted by Crippen LogP contribution is 2.36. The number of hydrogen-bond donors (Lipinski definition) is 1. The summed E-state index contributed by atoms with van der Waals surface area (Å²) in [6, 6.07) is 18.6. The number of H-pyrrole nitrogens is 1. The predicted molar refractivity (Wildman–Crippen MR) is 143 cm³/mol. The van der Waals surface area contributed by atoms with E-state index >= 15 is 0 Å². The Balaban J connectivity index is 1.34. The number of benzene rings is 2. The van der Waals surface area contributed by atoms with E-state index in [1.807, 2.05) is 28.9 Å². The van der Waals surface area contributed by atoms with E-state index in [9.17, 15) is 4.79 Å². The largest absolute Gasteiger partial charge is 0.497 e. The summed E-state index contributed by atoms with van der Waals surface area (Å²) in [7, 11) is 1.63. The molecule has 6 rings (SSSR count). The standard InChI is InChI=1S/C29H34N6O2/c1-37-24-12-11-22-18-25(29(36)30-26(22)19-24)27(28-31-32-33-35(28)23-9-5-6-10-23)34-15-13-21(14-16-34)17-20-7-3-2-4-8-20/h2-4,7-8,11-12,18-19,21,23,27H,5-6,9-10,13-17H2,1H3,(H,30,36)/t27-/m0/s1. The van der Waals surface area contributed by atoms with E-state index < -0.39 is 0 Å². The maximum atomic E-state index is 13.5. The Labute approximate surface area is 216 Å². The number of methoxy groups -OCH3 is 1. The molecule has 1 saturated carbocycles. The molecule has 2 fully saturated rings. The van der Waals surface area contributed by atoms with Gasteiger partial charge < -0.3 is 9.72 Å². The molecule has 37 heavy (non-hydrogen) atoms. The van der Waals surface area contributed by atoms with Crippen molar-refractivity contribution in [3.8, 4) is 5.75 Å². The van der Waals surface area contributed by atoms with Gasteiger partial charge in [0.25, 0.3) is 5.56 Å². The second-order valence-corrected chi connectivity index (χ2v) is 10.5. The molecule has 1 saturated heterocycles. The van der Waals surface area contributed by atoms with E-state index in [0.29, 0.717) is 17.5 Å². The highest BCUT2D eigenvalue weighted by molar-refractivity contribution is 5.80. The van der Waals surface area contributed by atoms with Crippen molar-refractivity contribution in [1.29, 1.82) is 0 Å². The molecule has 8 heteroatoms. The summed E-state index contributed by atoms with van der Waals surface area (Å²) in [5, 5.41) is 14.0. The summed E-state index contributed by atoms with van der Waals surface area (Å²) < 4.78 is 7.36. The van der Waals surface area contributed by atoms with E-state index in [0.717, 1.165) is 67.7 Å². The van der Waals surface area contributed by atoms with Crippen molar-refractivity contribution >= 4 is 10.9 Å². The van der Waals surface area contributed by atoms with Gasteiger partial charge in [0.15, 0.2) is 5.82 Å². The molecule has 0 unspecified atom stereocenters. The Morgan fingerprint density at radius 2 is 1.81 bits per heavy atom. The van der Waals surface area contributed by atoms with Crippen LogP contribution in [0.25, 0.3) is 10.9 Å². The molecule has 0 amide bonds. The lowest BCUT2D eigenvalue weighted by Gasteiger charge is -2.37. The number of nitrogens with zero attached hydrogens (tertiary/aromatic N) is 5. The first-order valence-corrected chi connectivity index (χ1v) is 13.5. The summed E-state index contributed by atoms with van der Waals surface area (Å²) in [5.41, 5.74) is 2.76. The van der Waals surface area contributed by atoms with Crippen LogP contribution in [-0.4, -0.2) is 50.3 Å². The number of ether oxygens (including phenoxy) is 1. The van der Waals surface area contributed by atoms with Crippen molar-refractivity contribution in [2.45, 2.75) is 57.0 Å². The van der Waals surface area contributed by atoms with Gasteiger partial charge in [0, 0.05) is 11.6 Å². The lowest BCUT2D eigenvalue weighted by atomic mass is 9.89. The minimum Gasteiger partial charge on any atom is -0.497 e. The fourth-order valence-corrected chi connectivity index (χ4v) is 6.18. The Morgan fingerprint density at radius 1 is 1.03 bits per heavy atom. The second-order valence-electron chi connectivity index (χ2n) is 10.5. The second kappa shape index (κ2) is 10.5. The number of fused-ring (bicyclic) bond motifs is 1. The van der Waals surface area contributed by atoms with Crippen LogP contribution in [0.4, 0.5) is 0 Å². The number of aromatic nitrogens is 5. The van der Waals surface area contributed by atoms with Gasteiger partial charge in [-0.3, -0.25) is 9.69 Å². The van der Waals surface area contributed by atoms with E-state index in [-0.39, 0.29) is 11.6 Å². The molecule has 1 aliphatic heterocycles. The van der Waals surface area contributed by atoms with Crippen LogP contribution in [0.1, 0.15) is 67.6 Å². The molecule has 8 nitrogen and oxygen atoms in total. The Kier molecular flexibility index (Phi) is 6.74. The minimum atomic E-state index is -0.288. The van der Waals surface area contributed by atoms with Gasteiger partial charge >= 0.3 is 0 Å². The SMILES string of the molecule is COc1ccc2cc([C@@H](c3nnnn3C3CCCC3)N3CCC(Cc4ccccc4)CC3)c(=O)[nH]c2c1. The van der Waals surface area contributed by atoms with Gasteiger partial charge in [0.2, 0.25) is 0 Å². The molecule has 4 aromatic rings. The molecule has 1 atom stereocenters. The van der Waals surface area contributed by atoms with E-state index in [1.54, 1.807) is 7.11 Å². The molecule has 1 aliphatic carbocycles. The monoisotopic (exact) mass is 498 g/mol. The Morgan fingerprint density at radius 3 is 2.57 bits per heavy atom. The summed E-state index contributed by atoms with van der Waals surface area (Å²) in [5.74, 6) is 2.14. The van der Waals surface area contributed by atoms with Crippen molar-refractivity contribution in [3.05, 3.63) is 81.9 Å². The molecular formula is C29H34N6O2. The van der Waals surface area contributed by atoms with Gasteiger partial charge in [0.05, 0.1) is 18.7 Å². The fourth-order valence-electron chi connectivity index (χ4n) is 6.18. The van der Waals surface area contributed by atoms with Gasteiger partial charge in [-0.2, -0.15) is 0 Å². The lowest BCUT2D eigenvalue weighted by Crippen LogP contribution is -2.41. The summed E-state index contributed by atoms with van der Waals surface area (Å²) in [6.45, 7) is 1.81. The minimum absolute atomic E-state index is 0.0989. The first-order valence-electron chi connectivity index (χ1n) is 13.5. The number of likely N-dealkylation sites (tertiary alicyclic amines) is 1. The third-order valence-corrected chi connectivity index (χ3v) is 8.19. The molecule has 0 spiro atoms. The zero-order chi connectivity index (χ0) is 25.2. The third-order valence-electron chi connectivity index (χ3n) is 8.19. The molecule has 2 aliphatic rings. The average molecular weight is 499 g/mol. The van der Waals surface area contributed by atoms with Gasteiger partial charge in [-0.05, 0) is 90.7 Å². The van der Waals surface area contributed by atoms with Crippen LogP contribution in [-0.2, 0) is 6.42 Å². The Hall–Kier alpha value is -3.52. The maximum Gasteiger partial charge on any atom is 0.253 e. The number of hydrogen-bond acceptors (Lipinski definition) is 6. The number of pyridine rings is 1. The first-order chi connectivity index (χ1) is 18.2. The van der Waals surface area contributed by atoms with Crippen LogP contribution in [0, 0.1) is 5.92 Å². The van der Waals surface area contributed by atoms with Gasteiger partial charge in [-0.1, -0.05) is 43.2 Å². The zero-order valence-electron chi connectivity index (χ0n) is 21.3. The summed E-state index contributed by atoms with van der Waals surface area (Å²) in [6.07, 6.45) is 7.81. The molecule has 0 radical (unpaired) electrons. The van der Waals surface area contributed by atoms with Crippen LogP contribution in [0.5, 0.6) is 5.75 Å². The van der Waals surface area contributed by atoms with E-state index in [1.165, 1.54) is 18.4 Å². The highest BCUT2D eigenvalue weighted by Gasteiger charge is 2.35. The molecule has 2 aromatic carbocycles. The van der Waals surface area contributed by atoms with Crippen molar-refractivity contribution in [2.24, 2.45) is 5.92 Å². The van der Waals surface area contributed by atoms with Gasteiger partial charge in [0.1, 0.15) is 11.8 Å². The third kappa shape index (κ3) is 4.90. The maximum absolute atomic E-state index is 13.5. The van der Waals surface area contributed by atoms with Crippen LogP contribution >= 0.6 is 0 Å².